The van der Waals surface area contributed by atoms with Gasteiger partial charge < -0.3 is 5.32 Å². The molecule has 1 aromatic carbocycles. The molecule has 0 spiro atoms. The number of benzene rings is 1. The highest BCUT2D eigenvalue weighted by Gasteiger charge is 2.40. The van der Waals surface area contributed by atoms with Crippen molar-refractivity contribution in [1.82, 2.24) is 5.32 Å². The molecule has 1 N–H and O–H groups in total. The number of rotatable bonds is 3. The first-order valence-corrected chi connectivity index (χ1v) is 4.35. The van der Waals surface area contributed by atoms with E-state index in [1.807, 2.05) is 0 Å². The lowest BCUT2D eigenvalue weighted by atomic mass is 10.1. The van der Waals surface area contributed by atoms with Gasteiger partial charge in [-0.2, -0.15) is 13.2 Å². The van der Waals surface area contributed by atoms with Crippen molar-refractivity contribution in [3.63, 3.8) is 0 Å². The standard InChI is InChI=1S/C9H7ClF3NO/c10-7-3-1-6(2-4-7)8(14-5-15)9(11,12)13/h1-5,8H,(H,14,15). The Morgan fingerprint density at radius 2 is 1.80 bits per heavy atom. The Bertz CT molecular complexity index is 336. The van der Waals surface area contributed by atoms with E-state index in [-0.39, 0.29) is 12.0 Å². The third-order valence-corrected chi connectivity index (χ3v) is 2.02. The fourth-order valence-corrected chi connectivity index (χ4v) is 1.23. The lowest BCUT2D eigenvalue weighted by Gasteiger charge is -2.19. The number of carbonyl (C=O) groups is 1. The number of amides is 1. The van der Waals surface area contributed by atoms with Gasteiger partial charge in [0, 0.05) is 5.02 Å². The molecule has 0 bridgehead atoms. The van der Waals surface area contributed by atoms with E-state index < -0.39 is 12.2 Å². The molecule has 15 heavy (non-hydrogen) atoms. The molecule has 0 saturated carbocycles. The van der Waals surface area contributed by atoms with Crippen molar-refractivity contribution in [3.05, 3.63) is 34.9 Å². The second kappa shape index (κ2) is 4.53. The molecule has 0 fully saturated rings. The van der Waals surface area contributed by atoms with E-state index in [9.17, 15) is 18.0 Å². The number of nitrogens with one attached hydrogen (secondary N) is 1. The second-order valence-corrected chi connectivity index (χ2v) is 3.25. The van der Waals surface area contributed by atoms with Gasteiger partial charge in [0.05, 0.1) is 0 Å². The maximum absolute atomic E-state index is 12.4. The minimum atomic E-state index is -4.52. The monoisotopic (exact) mass is 237 g/mol. The minimum absolute atomic E-state index is 0.0206. The van der Waals surface area contributed by atoms with Crippen molar-refractivity contribution in [2.24, 2.45) is 0 Å². The fraction of sp³-hybridized carbons (Fsp3) is 0.222. The summed E-state index contributed by atoms with van der Waals surface area (Å²) in [6.07, 6.45) is -4.50. The Morgan fingerprint density at radius 1 is 1.27 bits per heavy atom. The third kappa shape index (κ3) is 3.13. The van der Waals surface area contributed by atoms with Crippen LogP contribution in [0.2, 0.25) is 5.02 Å². The van der Waals surface area contributed by atoms with Gasteiger partial charge in [0.2, 0.25) is 6.41 Å². The fourth-order valence-electron chi connectivity index (χ4n) is 1.10. The number of halogens is 4. The molecule has 0 saturated heterocycles. The van der Waals surface area contributed by atoms with Crippen LogP contribution in [0.1, 0.15) is 11.6 Å². The third-order valence-electron chi connectivity index (χ3n) is 1.77. The predicted molar refractivity (Wildman–Crippen MR) is 49.4 cm³/mol. The van der Waals surface area contributed by atoms with Gasteiger partial charge in [0.15, 0.2) is 6.04 Å². The van der Waals surface area contributed by atoms with Gasteiger partial charge >= 0.3 is 6.18 Å². The van der Waals surface area contributed by atoms with Crippen molar-refractivity contribution in [2.45, 2.75) is 12.2 Å². The highest BCUT2D eigenvalue weighted by Crippen LogP contribution is 2.32. The largest absolute Gasteiger partial charge is 0.412 e. The first-order chi connectivity index (χ1) is 6.95. The highest BCUT2D eigenvalue weighted by molar-refractivity contribution is 6.30. The Hall–Kier alpha value is -1.23. The number of carbonyl (C=O) groups excluding carboxylic acids is 1. The number of hydrogen-bond acceptors (Lipinski definition) is 1. The van der Waals surface area contributed by atoms with Crippen LogP contribution in [-0.4, -0.2) is 12.6 Å². The summed E-state index contributed by atoms with van der Waals surface area (Å²) in [6.45, 7) is 0. The van der Waals surface area contributed by atoms with Crippen molar-refractivity contribution < 1.29 is 18.0 Å². The summed E-state index contributed by atoms with van der Waals surface area (Å²) in [7, 11) is 0. The van der Waals surface area contributed by atoms with Gasteiger partial charge in [-0.15, -0.1) is 0 Å². The van der Waals surface area contributed by atoms with Crippen molar-refractivity contribution in [2.75, 3.05) is 0 Å². The number of hydrogen-bond donors (Lipinski definition) is 1. The average molecular weight is 238 g/mol. The van der Waals surface area contributed by atoms with Crippen LogP contribution < -0.4 is 5.32 Å². The summed E-state index contributed by atoms with van der Waals surface area (Å²) in [5.74, 6) is 0. The Labute approximate surface area is 89.0 Å². The van der Waals surface area contributed by atoms with Gasteiger partial charge in [-0.3, -0.25) is 4.79 Å². The maximum atomic E-state index is 12.4. The van der Waals surface area contributed by atoms with E-state index in [4.69, 9.17) is 11.6 Å². The topological polar surface area (TPSA) is 29.1 Å². The first-order valence-electron chi connectivity index (χ1n) is 3.97. The van der Waals surface area contributed by atoms with E-state index >= 15 is 0 Å². The van der Waals surface area contributed by atoms with Crippen LogP contribution in [0.4, 0.5) is 13.2 Å². The summed E-state index contributed by atoms with van der Waals surface area (Å²) in [6, 6.07) is 3.12. The molecule has 82 valence electrons. The Balaban J connectivity index is 2.99. The van der Waals surface area contributed by atoms with E-state index in [0.29, 0.717) is 5.02 Å². The van der Waals surface area contributed by atoms with Crippen LogP contribution in [0.3, 0.4) is 0 Å². The zero-order valence-electron chi connectivity index (χ0n) is 7.38. The lowest BCUT2D eigenvalue weighted by molar-refractivity contribution is -0.160. The minimum Gasteiger partial charge on any atom is -0.343 e. The molecule has 0 aliphatic rings. The molecule has 1 aromatic rings. The zero-order valence-corrected chi connectivity index (χ0v) is 8.14. The molecular weight excluding hydrogens is 231 g/mol. The summed E-state index contributed by atoms with van der Waals surface area (Å²) >= 11 is 5.54. The highest BCUT2D eigenvalue weighted by atomic mass is 35.5. The molecule has 0 heterocycles. The molecule has 1 unspecified atom stereocenters. The Morgan fingerprint density at radius 3 is 2.20 bits per heavy atom. The molecule has 0 aliphatic carbocycles. The van der Waals surface area contributed by atoms with E-state index in [2.05, 4.69) is 0 Å². The lowest BCUT2D eigenvalue weighted by Crippen LogP contribution is -2.33. The average Bonchev–Trinajstić information content (AvgIpc) is 2.14. The molecule has 1 amide bonds. The zero-order chi connectivity index (χ0) is 11.5. The molecule has 6 heteroatoms. The number of alkyl halides is 3. The quantitative estimate of drug-likeness (QED) is 0.805. The van der Waals surface area contributed by atoms with Gasteiger partial charge in [-0.25, -0.2) is 0 Å². The maximum Gasteiger partial charge on any atom is 0.412 e. The molecule has 2 nitrogen and oxygen atoms in total. The molecule has 1 rings (SSSR count). The molecule has 1 atom stereocenters. The van der Waals surface area contributed by atoms with Gasteiger partial charge in [-0.1, -0.05) is 23.7 Å². The first kappa shape index (κ1) is 11.8. The predicted octanol–water partition coefficient (Wildman–Crippen LogP) is 2.69. The summed E-state index contributed by atoms with van der Waals surface area (Å²) in [5, 5.41) is 2.05. The van der Waals surface area contributed by atoms with Gasteiger partial charge in [0.25, 0.3) is 0 Å². The van der Waals surface area contributed by atoms with Crippen LogP contribution in [0.15, 0.2) is 24.3 Å². The van der Waals surface area contributed by atoms with Gasteiger partial charge in [-0.05, 0) is 17.7 Å². The molecule has 0 radical (unpaired) electrons. The SMILES string of the molecule is O=CNC(c1ccc(Cl)cc1)C(F)(F)F. The van der Waals surface area contributed by atoms with E-state index in [1.54, 1.807) is 5.32 Å². The van der Waals surface area contributed by atoms with Crippen LogP contribution in [0, 0.1) is 0 Å². The van der Waals surface area contributed by atoms with E-state index in [0.717, 1.165) is 0 Å². The van der Waals surface area contributed by atoms with Crippen molar-refractivity contribution in [3.8, 4) is 0 Å². The second-order valence-electron chi connectivity index (χ2n) is 2.81. The van der Waals surface area contributed by atoms with Crippen LogP contribution in [0.25, 0.3) is 0 Å². The summed E-state index contributed by atoms with van der Waals surface area (Å²) in [5.41, 5.74) is -0.0565. The summed E-state index contributed by atoms with van der Waals surface area (Å²) < 4.78 is 37.3. The van der Waals surface area contributed by atoms with Crippen molar-refractivity contribution in [1.29, 1.82) is 0 Å². The molecule has 0 aliphatic heterocycles. The molecular formula is C9H7ClF3NO. The Kier molecular flexibility index (Phi) is 3.57. The normalized spacial score (nSPS) is 13.3. The van der Waals surface area contributed by atoms with Gasteiger partial charge in [0.1, 0.15) is 0 Å². The van der Waals surface area contributed by atoms with Crippen molar-refractivity contribution >= 4 is 18.0 Å². The van der Waals surface area contributed by atoms with Crippen LogP contribution >= 0.6 is 11.6 Å². The van der Waals surface area contributed by atoms with Crippen LogP contribution in [-0.2, 0) is 4.79 Å². The van der Waals surface area contributed by atoms with Crippen LogP contribution in [0.5, 0.6) is 0 Å². The summed E-state index contributed by atoms with van der Waals surface area (Å²) in [4.78, 5) is 10.1. The smallest absolute Gasteiger partial charge is 0.343 e. The molecule has 0 aromatic heterocycles. The van der Waals surface area contributed by atoms with E-state index in [1.165, 1.54) is 24.3 Å².